The normalized spacial score (nSPS) is 12.8. The third kappa shape index (κ3) is 2.45. The van der Waals surface area contributed by atoms with Gasteiger partial charge in [-0.3, -0.25) is 10.1 Å². The van der Waals surface area contributed by atoms with Gasteiger partial charge in [-0.2, -0.15) is 0 Å². The Morgan fingerprint density at radius 2 is 1.62 bits per heavy atom. The van der Waals surface area contributed by atoms with Crippen molar-refractivity contribution in [3.05, 3.63) is 0 Å². The Morgan fingerprint density at radius 3 is 1.62 bits per heavy atom. The van der Waals surface area contributed by atoms with Crippen LogP contribution in [0.25, 0.3) is 0 Å². The highest BCUT2D eigenvalue weighted by molar-refractivity contribution is 6.73. The quantitative estimate of drug-likeness (QED) is 0.443. The summed E-state index contributed by atoms with van der Waals surface area (Å²) in [5, 5.41) is 0. The monoisotopic (exact) mass is 132 g/mol. The average molecular weight is 132 g/mol. The lowest BCUT2D eigenvalue weighted by molar-refractivity contribution is 0.414. The Labute approximate surface area is 52.9 Å². The summed E-state index contributed by atoms with van der Waals surface area (Å²) in [5.74, 6) is 0. The molecule has 0 unspecified atom stereocenters. The molecule has 0 aromatic rings. The van der Waals surface area contributed by atoms with Gasteiger partial charge in [0.05, 0.1) is 0 Å². The smallest absolute Gasteiger partial charge is 0.136 e. The van der Waals surface area contributed by atoms with Crippen molar-refractivity contribution in [1.29, 1.82) is 0 Å². The van der Waals surface area contributed by atoms with Crippen LogP contribution in [0.5, 0.6) is 0 Å². The first-order chi connectivity index (χ1) is 3.48. The molecule has 8 heavy (non-hydrogen) atoms. The van der Waals surface area contributed by atoms with Crippen LogP contribution in [0.1, 0.15) is 0 Å². The molecule has 1 N–H and O–H groups in total. The van der Waals surface area contributed by atoms with Gasteiger partial charge in [-0.05, 0) is 14.1 Å². The fraction of sp³-hybridized carbons (Fsp3) is 1.00. The zero-order valence-electron chi connectivity index (χ0n) is 6.45. The lowest BCUT2D eigenvalue weighted by Crippen LogP contribution is -2.49. The first-order valence-electron chi connectivity index (χ1n) is 2.89. The van der Waals surface area contributed by atoms with Crippen molar-refractivity contribution in [3.63, 3.8) is 0 Å². The van der Waals surface area contributed by atoms with Crippen LogP contribution in [-0.2, 0) is 0 Å². The minimum Gasteiger partial charge on any atom is -0.270 e. The molecule has 0 heterocycles. The van der Waals surface area contributed by atoms with E-state index < -0.39 is 8.24 Å². The molecule has 0 aliphatic carbocycles. The van der Waals surface area contributed by atoms with Gasteiger partial charge in [0, 0.05) is 0 Å². The van der Waals surface area contributed by atoms with Gasteiger partial charge < -0.3 is 0 Å². The fourth-order valence-corrected chi connectivity index (χ4v) is 1.01. The zero-order valence-corrected chi connectivity index (χ0v) is 7.45. The van der Waals surface area contributed by atoms with Gasteiger partial charge in [-0.1, -0.05) is 19.6 Å². The Kier molecular flexibility index (Phi) is 2.66. The van der Waals surface area contributed by atoms with Gasteiger partial charge >= 0.3 is 0 Å². The van der Waals surface area contributed by atoms with Crippen LogP contribution in [0.3, 0.4) is 0 Å². The van der Waals surface area contributed by atoms with E-state index in [4.69, 9.17) is 0 Å². The largest absolute Gasteiger partial charge is 0.270 e. The highest BCUT2D eigenvalue weighted by Crippen LogP contribution is 2.00. The minimum absolute atomic E-state index is 1.04. The van der Waals surface area contributed by atoms with E-state index in [-0.39, 0.29) is 0 Å². The van der Waals surface area contributed by atoms with E-state index in [1.54, 1.807) is 0 Å². The molecule has 50 valence electrons. The number of nitrogens with one attached hydrogen (secondary N) is 1. The Hall–Kier alpha value is 0.137. The maximum atomic E-state index is 3.10. The number of hydrazine groups is 1. The molecule has 0 fully saturated rings. The van der Waals surface area contributed by atoms with Crippen LogP contribution in [-0.4, -0.2) is 27.0 Å². The molecule has 0 rings (SSSR count). The van der Waals surface area contributed by atoms with E-state index in [0.29, 0.717) is 0 Å². The minimum atomic E-state index is -1.04. The van der Waals surface area contributed by atoms with Crippen molar-refractivity contribution in [2.45, 2.75) is 19.6 Å². The standard InChI is InChI=1S/C5H16N2Si/c1-6-7(2)8(3,4)5/h6H,1-5H3. The number of nitrogens with zero attached hydrogens (tertiary/aromatic N) is 1. The molecular weight excluding hydrogens is 116 g/mol. The SMILES string of the molecule is CNN(C)[Si](C)(C)C. The van der Waals surface area contributed by atoms with Crippen LogP contribution < -0.4 is 5.43 Å². The van der Waals surface area contributed by atoms with E-state index in [2.05, 4.69) is 36.8 Å². The number of hydrogen-bond donors (Lipinski definition) is 1. The van der Waals surface area contributed by atoms with Gasteiger partial charge in [-0.15, -0.1) is 0 Å². The second-order valence-electron chi connectivity index (χ2n) is 2.95. The second kappa shape index (κ2) is 2.62. The summed E-state index contributed by atoms with van der Waals surface area (Å²) >= 11 is 0. The number of hydrogen-bond acceptors (Lipinski definition) is 2. The summed E-state index contributed by atoms with van der Waals surface area (Å²) in [6, 6.07) is 0. The molecule has 2 nitrogen and oxygen atoms in total. The first kappa shape index (κ1) is 8.14. The van der Waals surface area contributed by atoms with Gasteiger partial charge in [0.25, 0.3) is 0 Å². The Morgan fingerprint density at radius 1 is 1.25 bits per heavy atom. The number of rotatable bonds is 2. The van der Waals surface area contributed by atoms with E-state index >= 15 is 0 Å². The van der Waals surface area contributed by atoms with Crippen molar-refractivity contribution >= 4 is 8.24 Å². The highest BCUT2D eigenvalue weighted by atomic mass is 28.3. The van der Waals surface area contributed by atoms with Crippen LogP contribution in [0.2, 0.25) is 19.6 Å². The summed E-state index contributed by atoms with van der Waals surface area (Å²) in [6.45, 7) is 6.89. The van der Waals surface area contributed by atoms with Gasteiger partial charge in [-0.25, -0.2) is 0 Å². The molecule has 0 amide bonds. The predicted octanol–water partition coefficient (Wildman–Crippen LogP) is 0.887. The molecule has 0 aliphatic rings. The van der Waals surface area contributed by atoms with Crippen molar-refractivity contribution in [2.75, 3.05) is 14.1 Å². The van der Waals surface area contributed by atoms with E-state index in [9.17, 15) is 0 Å². The van der Waals surface area contributed by atoms with Gasteiger partial charge in [0.1, 0.15) is 8.24 Å². The van der Waals surface area contributed by atoms with E-state index in [1.165, 1.54) is 0 Å². The van der Waals surface area contributed by atoms with Crippen LogP contribution in [0.4, 0.5) is 0 Å². The summed E-state index contributed by atoms with van der Waals surface area (Å²) < 4.78 is 2.20. The van der Waals surface area contributed by atoms with E-state index in [1.807, 2.05) is 7.05 Å². The first-order valence-corrected chi connectivity index (χ1v) is 6.34. The molecule has 3 heteroatoms. The maximum absolute atomic E-state index is 3.10. The van der Waals surface area contributed by atoms with Crippen molar-refractivity contribution in [3.8, 4) is 0 Å². The molecule has 0 spiro atoms. The second-order valence-corrected chi connectivity index (χ2v) is 7.97. The van der Waals surface area contributed by atoms with Crippen molar-refractivity contribution in [1.82, 2.24) is 10.1 Å². The van der Waals surface area contributed by atoms with Crippen molar-refractivity contribution < 1.29 is 0 Å². The molecule has 0 aromatic heterocycles. The lowest BCUT2D eigenvalue weighted by atomic mass is 11.4. The average Bonchev–Trinajstić information content (AvgIpc) is 1.62. The van der Waals surface area contributed by atoms with Crippen LogP contribution in [0, 0.1) is 0 Å². The summed E-state index contributed by atoms with van der Waals surface area (Å²) in [6.07, 6.45) is 0. The molecule has 0 radical (unpaired) electrons. The third-order valence-corrected chi connectivity index (χ3v) is 3.58. The van der Waals surface area contributed by atoms with Crippen LogP contribution in [0.15, 0.2) is 0 Å². The van der Waals surface area contributed by atoms with Crippen molar-refractivity contribution in [2.24, 2.45) is 0 Å². The van der Waals surface area contributed by atoms with E-state index in [0.717, 1.165) is 0 Å². The summed E-state index contributed by atoms with van der Waals surface area (Å²) in [5.41, 5.74) is 3.10. The molecule has 0 aliphatic heterocycles. The predicted molar refractivity (Wildman–Crippen MR) is 40.2 cm³/mol. The molecule has 0 saturated heterocycles. The van der Waals surface area contributed by atoms with Gasteiger partial charge in [0.15, 0.2) is 0 Å². The molecule has 0 bridgehead atoms. The molecule has 0 aromatic carbocycles. The van der Waals surface area contributed by atoms with Gasteiger partial charge in [0.2, 0.25) is 0 Å². The lowest BCUT2D eigenvalue weighted by Gasteiger charge is -2.28. The van der Waals surface area contributed by atoms with Crippen LogP contribution >= 0.6 is 0 Å². The molecule has 0 atom stereocenters. The molecular formula is C5H16N2Si. The summed E-state index contributed by atoms with van der Waals surface area (Å²) in [7, 11) is 3.01. The third-order valence-electron chi connectivity index (χ3n) is 1.34. The molecule has 0 saturated carbocycles. The highest BCUT2D eigenvalue weighted by Gasteiger charge is 2.17. The fourth-order valence-electron chi connectivity index (χ4n) is 0.335. The maximum Gasteiger partial charge on any atom is 0.136 e. The Balaban J connectivity index is 3.62. The Bertz CT molecular complexity index is 67.3. The zero-order chi connectivity index (χ0) is 6.78. The topological polar surface area (TPSA) is 15.3 Å². The summed E-state index contributed by atoms with van der Waals surface area (Å²) in [4.78, 5) is 0.